The summed E-state index contributed by atoms with van der Waals surface area (Å²) in [5.41, 5.74) is 0.638. The van der Waals surface area contributed by atoms with Gasteiger partial charge in [0, 0.05) is 23.0 Å². The number of halogens is 1. The van der Waals surface area contributed by atoms with Crippen LogP contribution in [0.4, 0.5) is 5.69 Å². The van der Waals surface area contributed by atoms with E-state index < -0.39 is 15.9 Å². The summed E-state index contributed by atoms with van der Waals surface area (Å²) in [6.07, 6.45) is 1.53. The minimum atomic E-state index is -3.19. The van der Waals surface area contributed by atoms with Crippen LogP contribution < -0.4 is 4.90 Å². The molecule has 0 aliphatic carbocycles. The Morgan fingerprint density at radius 3 is 2.39 bits per heavy atom. The first-order chi connectivity index (χ1) is 8.39. The quantitative estimate of drug-likeness (QED) is 0.835. The van der Waals surface area contributed by atoms with Crippen LogP contribution in [-0.2, 0) is 14.6 Å². The number of hydrogen-bond acceptors (Lipinski definition) is 3. The summed E-state index contributed by atoms with van der Waals surface area (Å²) in [4.78, 5) is 13.1. The van der Waals surface area contributed by atoms with Gasteiger partial charge in [-0.3, -0.25) is 4.79 Å². The average Bonchev–Trinajstić information content (AvgIpc) is 2.61. The van der Waals surface area contributed by atoms with Gasteiger partial charge in [-0.2, -0.15) is 0 Å². The lowest BCUT2D eigenvalue weighted by atomic mass is 10.2. The summed E-state index contributed by atoms with van der Waals surface area (Å²) in [6, 6.07) is 6.28. The molecule has 18 heavy (non-hydrogen) atoms. The number of amides is 1. The maximum absolute atomic E-state index is 11.7. The summed E-state index contributed by atoms with van der Waals surface area (Å²) in [5.74, 6) is -0.279. The molecule has 0 radical (unpaired) electrons. The highest BCUT2D eigenvalue weighted by molar-refractivity contribution is 7.94. The second-order valence-corrected chi connectivity index (χ2v) is 6.46. The van der Waals surface area contributed by atoms with Crippen LogP contribution in [0.3, 0.4) is 0 Å². The molecular formula is C12H12ClNO3S. The Labute approximate surface area is 111 Å². The Morgan fingerprint density at radius 1 is 1.33 bits per heavy atom. The van der Waals surface area contributed by atoms with Crippen LogP contribution in [0, 0.1) is 0 Å². The van der Waals surface area contributed by atoms with E-state index in [0.717, 1.165) is 5.41 Å². The molecular weight excluding hydrogens is 274 g/mol. The zero-order valence-electron chi connectivity index (χ0n) is 9.71. The van der Waals surface area contributed by atoms with E-state index in [1.54, 1.807) is 24.3 Å². The molecule has 1 amide bonds. The van der Waals surface area contributed by atoms with E-state index in [2.05, 4.69) is 0 Å². The van der Waals surface area contributed by atoms with Crippen molar-refractivity contribution < 1.29 is 13.2 Å². The molecule has 0 bridgehead atoms. The molecule has 0 saturated heterocycles. The number of nitrogens with zero attached hydrogens (tertiary/aromatic N) is 1. The maximum atomic E-state index is 11.7. The van der Waals surface area contributed by atoms with Gasteiger partial charge in [0.15, 0.2) is 9.84 Å². The Hall–Kier alpha value is -1.33. The minimum absolute atomic E-state index is 0.0742. The van der Waals surface area contributed by atoms with Crippen molar-refractivity contribution in [2.45, 2.75) is 13.0 Å². The zero-order valence-corrected chi connectivity index (χ0v) is 11.3. The molecule has 4 nitrogen and oxygen atoms in total. The predicted octanol–water partition coefficient (Wildman–Crippen LogP) is 2.00. The number of hydrogen-bond donors (Lipinski definition) is 0. The van der Waals surface area contributed by atoms with Gasteiger partial charge in [-0.1, -0.05) is 11.6 Å². The van der Waals surface area contributed by atoms with Gasteiger partial charge in [-0.25, -0.2) is 8.42 Å². The molecule has 2 rings (SSSR count). The molecule has 1 aromatic carbocycles. The van der Waals surface area contributed by atoms with Gasteiger partial charge < -0.3 is 4.90 Å². The predicted molar refractivity (Wildman–Crippen MR) is 71.3 cm³/mol. The van der Waals surface area contributed by atoms with Crippen LogP contribution in [0.1, 0.15) is 6.92 Å². The molecule has 0 fully saturated rings. The minimum Gasteiger partial charge on any atom is -0.305 e. The Bertz CT molecular complexity index is 592. The fourth-order valence-corrected chi connectivity index (χ4v) is 3.32. The maximum Gasteiger partial charge on any atom is 0.224 e. The summed E-state index contributed by atoms with van der Waals surface area (Å²) >= 11 is 5.79. The van der Waals surface area contributed by atoms with Crippen LogP contribution in [-0.4, -0.2) is 26.1 Å². The molecule has 1 aliphatic heterocycles. The van der Waals surface area contributed by atoms with E-state index in [9.17, 15) is 13.2 Å². The van der Waals surface area contributed by atoms with Crippen molar-refractivity contribution in [2.75, 3.05) is 10.7 Å². The Kier molecular flexibility index (Phi) is 3.45. The number of carbonyl (C=O) groups excluding carboxylic acids is 1. The first kappa shape index (κ1) is 13.1. The number of anilines is 1. The van der Waals surface area contributed by atoms with Gasteiger partial charge in [0.1, 0.15) is 0 Å². The van der Waals surface area contributed by atoms with E-state index in [-0.39, 0.29) is 11.7 Å². The molecule has 0 aromatic heterocycles. The number of sulfone groups is 1. The molecule has 1 unspecified atom stereocenters. The van der Waals surface area contributed by atoms with Crippen LogP contribution in [0.5, 0.6) is 0 Å². The SMILES string of the molecule is CC(=O)N(c1ccc(Cl)cc1)C1C=CS(=O)(=O)C1. The van der Waals surface area contributed by atoms with Crippen molar-refractivity contribution >= 4 is 33.0 Å². The molecule has 1 aromatic rings. The molecule has 1 aliphatic rings. The highest BCUT2D eigenvalue weighted by Crippen LogP contribution is 2.24. The Balaban J connectivity index is 2.33. The fraction of sp³-hybridized carbons (Fsp3) is 0.250. The largest absolute Gasteiger partial charge is 0.305 e. The van der Waals surface area contributed by atoms with Crippen molar-refractivity contribution in [3.05, 3.63) is 40.8 Å². The first-order valence-electron chi connectivity index (χ1n) is 5.35. The van der Waals surface area contributed by atoms with Gasteiger partial charge in [-0.15, -0.1) is 0 Å². The van der Waals surface area contributed by atoms with Gasteiger partial charge in [0.25, 0.3) is 0 Å². The van der Waals surface area contributed by atoms with E-state index in [1.807, 2.05) is 0 Å². The average molecular weight is 286 g/mol. The molecule has 0 spiro atoms. The van der Waals surface area contributed by atoms with Crippen molar-refractivity contribution in [3.63, 3.8) is 0 Å². The monoisotopic (exact) mass is 285 g/mol. The lowest BCUT2D eigenvalue weighted by Gasteiger charge is -2.26. The second-order valence-electron chi connectivity index (χ2n) is 4.09. The van der Waals surface area contributed by atoms with E-state index in [0.29, 0.717) is 10.7 Å². The first-order valence-corrected chi connectivity index (χ1v) is 7.45. The van der Waals surface area contributed by atoms with Crippen LogP contribution >= 0.6 is 11.6 Å². The van der Waals surface area contributed by atoms with Crippen molar-refractivity contribution in [1.82, 2.24) is 0 Å². The lowest BCUT2D eigenvalue weighted by molar-refractivity contribution is -0.116. The summed E-state index contributed by atoms with van der Waals surface area (Å²) in [6.45, 7) is 1.41. The van der Waals surface area contributed by atoms with Gasteiger partial charge in [0.2, 0.25) is 5.91 Å². The van der Waals surface area contributed by atoms with Crippen molar-refractivity contribution in [3.8, 4) is 0 Å². The summed E-state index contributed by atoms with van der Waals surface area (Å²) in [5, 5.41) is 1.72. The van der Waals surface area contributed by atoms with Crippen molar-refractivity contribution in [1.29, 1.82) is 0 Å². The third-order valence-corrected chi connectivity index (χ3v) is 4.32. The molecule has 1 atom stereocenters. The van der Waals surface area contributed by atoms with E-state index in [1.165, 1.54) is 17.9 Å². The second kappa shape index (κ2) is 4.74. The van der Waals surface area contributed by atoms with Crippen LogP contribution in [0.2, 0.25) is 5.02 Å². The molecule has 6 heteroatoms. The van der Waals surface area contributed by atoms with Gasteiger partial charge in [0.05, 0.1) is 11.8 Å². The molecule has 0 N–H and O–H groups in total. The number of rotatable bonds is 2. The summed E-state index contributed by atoms with van der Waals surface area (Å²) in [7, 11) is -3.19. The van der Waals surface area contributed by atoms with E-state index in [4.69, 9.17) is 11.6 Å². The van der Waals surface area contributed by atoms with E-state index >= 15 is 0 Å². The molecule has 1 heterocycles. The molecule has 96 valence electrons. The smallest absolute Gasteiger partial charge is 0.224 e. The third kappa shape index (κ3) is 2.73. The lowest BCUT2D eigenvalue weighted by Crippen LogP contribution is -2.39. The highest BCUT2D eigenvalue weighted by Gasteiger charge is 2.29. The normalized spacial score (nSPS) is 20.9. The van der Waals surface area contributed by atoms with Gasteiger partial charge in [-0.05, 0) is 30.3 Å². The topological polar surface area (TPSA) is 54.5 Å². The number of carbonyl (C=O) groups is 1. The van der Waals surface area contributed by atoms with Crippen LogP contribution in [0.15, 0.2) is 35.7 Å². The van der Waals surface area contributed by atoms with Crippen molar-refractivity contribution in [2.24, 2.45) is 0 Å². The summed E-state index contributed by atoms with van der Waals surface area (Å²) < 4.78 is 22.8. The van der Waals surface area contributed by atoms with Crippen LogP contribution in [0.25, 0.3) is 0 Å². The third-order valence-electron chi connectivity index (χ3n) is 2.69. The standard InChI is InChI=1S/C12H12ClNO3S/c1-9(15)14(11-4-2-10(13)3-5-11)12-6-7-18(16,17)8-12/h2-7,12H,8H2,1H3. The fourth-order valence-electron chi connectivity index (χ4n) is 1.93. The van der Waals surface area contributed by atoms with Gasteiger partial charge >= 0.3 is 0 Å². The molecule has 0 saturated carbocycles. The Morgan fingerprint density at radius 2 is 1.94 bits per heavy atom. The number of benzene rings is 1. The highest BCUT2D eigenvalue weighted by atomic mass is 35.5. The zero-order chi connectivity index (χ0) is 13.3.